The van der Waals surface area contributed by atoms with Crippen molar-refractivity contribution in [3.05, 3.63) is 11.4 Å². The number of aromatic nitrogens is 3. The first-order valence-corrected chi connectivity index (χ1v) is 7.15. The molecule has 2 aliphatic rings. The van der Waals surface area contributed by atoms with Crippen molar-refractivity contribution in [2.75, 3.05) is 13.1 Å². The number of amides is 2. The molecule has 0 aliphatic heterocycles. The molecule has 1 unspecified atom stereocenters. The van der Waals surface area contributed by atoms with Gasteiger partial charge < -0.3 is 10.6 Å². The first kappa shape index (κ1) is 13.1. The highest BCUT2D eigenvalue weighted by atomic mass is 16.2. The third kappa shape index (κ3) is 3.15. The minimum atomic E-state index is -0.108. The zero-order chi connectivity index (χ0) is 13.9. The summed E-state index contributed by atoms with van der Waals surface area (Å²) in [6.45, 7) is 0.800. The summed E-state index contributed by atoms with van der Waals surface area (Å²) in [6, 6.07) is 0. The van der Waals surface area contributed by atoms with Crippen molar-refractivity contribution in [1.82, 2.24) is 26.0 Å². The quantitative estimate of drug-likeness (QED) is 0.679. The highest BCUT2D eigenvalue weighted by molar-refractivity contribution is 5.86. The number of hydrogen-bond donors (Lipinski definition) is 3. The van der Waals surface area contributed by atoms with Gasteiger partial charge >= 0.3 is 0 Å². The molecule has 0 aromatic carbocycles. The van der Waals surface area contributed by atoms with Crippen LogP contribution in [0.1, 0.15) is 30.7 Å². The Morgan fingerprint density at radius 3 is 2.75 bits per heavy atom. The van der Waals surface area contributed by atoms with Crippen LogP contribution >= 0.6 is 0 Å². The molecule has 1 fully saturated rings. The molecular formula is C13H19N5O2. The average Bonchev–Trinajstić information content (AvgIpc) is 3.17. The SMILES string of the molecule is O=C(CNC(=O)C1CCc2n[nH]nc2C1)NCC1CC1. The molecule has 2 amide bonds. The van der Waals surface area contributed by atoms with E-state index >= 15 is 0 Å². The number of carbonyl (C=O) groups is 2. The second-order valence-corrected chi connectivity index (χ2v) is 5.62. The first-order chi connectivity index (χ1) is 9.72. The van der Waals surface area contributed by atoms with Gasteiger partial charge in [-0.3, -0.25) is 9.59 Å². The largest absolute Gasteiger partial charge is 0.354 e. The summed E-state index contributed by atoms with van der Waals surface area (Å²) in [5.41, 5.74) is 1.82. The minimum absolute atomic E-state index is 0.0632. The molecule has 3 N–H and O–H groups in total. The monoisotopic (exact) mass is 277 g/mol. The maximum absolute atomic E-state index is 12.0. The molecule has 20 heavy (non-hydrogen) atoms. The molecule has 1 aromatic heterocycles. The van der Waals surface area contributed by atoms with Gasteiger partial charge in [-0.05, 0) is 31.6 Å². The molecule has 108 valence electrons. The van der Waals surface area contributed by atoms with Crippen LogP contribution in [-0.2, 0) is 22.4 Å². The lowest BCUT2D eigenvalue weighted by molar-refractivity contribution is -0.128. The lowest BCUT2D eigenvalue weighted by Gasteiger charge is -2.19. The molecular weight excluding hydrogens is 258 g/mol. The Bertz CT molecular complexity index is 509. The second-order valence-electron chi connectivity index (χ2n) is 5.62. The summed E-state index contributed by atoms with van der Waals surface area (Å²) < 4.78 is 0. The summed E-state index contributed by atoms with van der Waals surface area (Å²) in [5.74, 6) is 0.367. The van der Waals surface area contributed by atoms with E-state index in [0.717, 1.165) is 30.8 Å². The molecule has 3 rings (SSSR count). The molecule has 1 saturated carbocycles. The van der Waals surface area contributed by atoms with Gasteiger partial charge in [-0.25, -0.2) is 0 Å². The van der Waals surface area contributed by atoms with Gasteiger partial charge in [-0.2, -0.15) is 15.4 Å². The number of nitrogens with one attached hydrogen (secondary N) is 3. The molecule has 7 heteroatoms. The molecule has 0 saturated heterocycles. The van der Waals surface area contributed by atoms with Crippen molar-refractivity contribution in [2.24, 2.45) is 11.8 Å². The van der Waals surface area contributed by atoms with Crippen molar-refractivity contribution < 1.29 is 9.59 Å². The maximum Gasteiger partial charge on any atom is 0.239 e. The van der Waals surface area contributed by atoms with Crippen LogP contribution in [-0.4, -0.2) is 40.3 Å². The fourth-order valence-electron chi connectivity index (χ4n) is 2.46. The van der Waals surface area contributed by atoms with Gasteiger partial charge in [-0.1, -0.05) is 0 Å². The van der Waals surface area contributed by atoms with Gasteiger partial charge in [0.2, 0.25) is 11.8 Å². The molecule has 2 aliphatic carbocycles. The van der Waals surface area contributed by atoms with E-state index < -0.39 is 0 Å². The highest BCUT2D eigenvalue weighted by Gasteiger charge is 2.27. The number of hydrogen-bond acceptors (Lipinski definition) is 4. The van der Waals surface area contributed by atoms with Crippen LogP contribution in [0.25, 0.3) is 0 Å². The smallest absolute Gasteiger partial charge is 0.239 e. The van der Waals surface area contributed by atoms with E-state index in [9.17, 15) is 9.59 Å². The number of aryl methyl sites for hydroxylation is 1. The van der Waals surface area contributed by atoms with Gasteiger partial charge in [0.15, 0.2) is 0 Å². The van der Waals surface area contributed by atoms with Crippen molar-refractivity contribution >= 4 is 11.8 Å². The van der Waals surface area contributed by atoms with Crippen LogP contribution in [0.5, 0.6) is 0 Å². The topological polar surface area (TPSA) is 99.8 Å². The molecule has 1 heterocycles. The predicted molar refractivity (Wildman–Crippen MR) is 70.6 cm³/mol. The van der Waals surface area contributed by atoms with Gasteiger partial charge in [0, 0.05) is 18.9 Å². The van der Waals surface area contributed by atoms with Crippen LogP contribution in [0.2, 0.25) is 0 Å². The van der Waals surface area contributed by atoms with Crippen LogP contribution in [0.15, 0.2) is 0 Å². The van der Waals surface area contributed by atoms with Crippen molar-refractivity contribution in [3.8, 4) is 0 Å². The summed E-state index contributed by atoms with van der Waals surface area (Å²) in [5, 5.41) is 16.2. The van der Waals surface area contributed by atoms with Gasteiger partial charge in [0.25, 0.3) is 0 Å². The number of H-pyrrole nitrogens is 1. The van der Waals surface area contributed by atoms with Crippen molar-refractivity contribution in [1.29, 1.82) is 0 Å². The van der Waals surface area contributed by atoms with E-state index in [1.54, 1.807) is 0 Å². The second kappa shape index (κ2) is 5.60. The predicted octanol–water partition coefficient (Wildman–Crippen LogP) is -0.448. The highest BCUT2D eigenvalue weighted by Crippen LogP contribution is 2.27. The van der Waals surface area contributed by atoms with E-state index in [0.29, 0.717) is 12.3 Å². The van der Waals surface area contributed by atoms with E-state index in [4.69, 9.17) is 0 Å². The van der Waals surface area contributed by atoms with Crippen LogP contribution in [0.3, 0.4) is 0 Å². The Morgan fingerprint density at radius 2 is 1.95 bits per heavy atom. The normalized spacial score (nSPS) is 21.1. The van der Waals surface area contributed by atoms with Gasteiger partial charge in [-0.15, -0.1) is 0 Å². The lowest BCUT2D eigenvalue weighted by Crippen LogP contribution is -2.41. The number of carbonyl (C=O) groups excluding carboxylic acids is 2. The maximum atomic E-state index is 12.0. The van der Waals surface area contributed by atoms with Crippen LogP contribution in [0, 0.1) is 11.8 Å². The number of nitrogens with zero attached hydrogens (tertiary/aromatic N) is 2. The fraction of sp³-hybridized carbons (Fsp3) is 0.692. The lowest BCUT2D eigenvalue weighted by atomic mass is 9.89. The van der Waals surface area contributed by atoms with E-state index in [1.807, 2.05) is 0 Å². The molecule has 1 atom stereocenters. The zero-order valence-corrected chi connectivity index (χ0v) is 11.3. The summed E-state index contributed by atoms with van der Waals surface area (Å²) in [7, 11) is 0. The third-order valence-electron chi connectivity index (χ3n) is 3.95. The van der Waals surface area contributed by atoms with Crippen LogP contribution < -0.4 is 10.6 Å². The summed E-state index contributed by atoms with van der Waals surface area (Å²) in [6.07, 6.45) is 4.53. The number of fused-ring (bicyclic) bond motifs is 1. The van der Waals surface area contributed by atoms with Crippen molar-refractivity contribution in [3.63, 3.8) is 0 Å². The number of aromatic amines is 1. The average molecular weight is 277 g/mol. The van der Waals surface area contributed by atoms with Crippen molar-refractivity contribution in [2.45, 2.75) is 32.1 Å². The molecule has 0 spiro atoms. The van der Waals surface area contributed by atoms with Gasteiger partial charge in [0.05, 0.1) is 17.9 Å². The standard InChI is InChI=1S/C13H19N5O2/c19-12(14-6-8-1-2-8)7-15-13(20)9-3-4-10-11(5-9)17-18-16-10/h8-9H,1-7H2,(H,14,19)(H,15,20)(H,16,17,18). The Morgan fingerprint density at radius 1 is 1.15 bits per heavy atom. The third-order valence-corrected chi connectivity index (χ3v) is 3.95. The Balaban J connectivity index is 1.41. The summed E-state index contributed by atoms with van der Waals surface area (Å²) in [4.78, 5) is 23.6. The molecule has 7 nitrogen and oxygen atoms in total. The fourth-order valence-corrected chi connectivity index (χ4v) is 2.46. The molecule has 1 aromatic rings. The number of rotatable bonds is 5. The molecule has 0 bridgehead atoms. The molecule has 0 radical (unpaired) electrons. The minimum Gasteiger partial charge on any atom is -0.354 e. The Kier molecular flexibility index (Phi) is 3.66. The van der Waals surface area contributed by atoms with E-state index in [2.05, 4.69) is 26.0 Å². The first-order valence-electron chi connectivity index (χ1n) is 7.15. The zero-order valence-electron chi connectivity index (χ0n) is 11.3. The Labute approximate surface area is 116 Å². The van der Waals surface area contributed by atoms with Gasteiger partial charge in [0.1, 0.15) is 0 Å². The van der Waals surface area contributed by atoms with E-state index in [-0.39, 0.29) is 24.3 Å². The van der Waals surface area contributed by atoms with E-state index in [1.165, 1.54) is 12.8 Å². The Hall–Kier alpha value is -1.92. The summed E-state index contributed by atoms with van der Waals surface area (Å²) >= 11 is 0. The van der Waals surface area contributed by atoms with Crippen LogP contribution in [0.4, 0.5) is 0 Å².